The Hall–Kier alpha value is -2.69. The van der Waals surface area contributed by atoms with Crippen molar-refractivity contribution >= 4 is 11.4 Å². The average molecular weight is 320 g/mol. The molecule has 24 heavy (non-hydrogen) atoms. The van der Waals surface area contributed by atoms with Crippen molar-refractivity contribution in [3.05, 3.63) is 66.0 Å². The molecule has 5 nitrogen and oxygen atoms in total. The van der Waals surface area contributed by atoms with Crippen molar-refractivity contribution in [1.29, 1.82) is 0 Å². The zero-order valence-electron chi connectivity index (χ0n) is 13.7. The predicted molar refractivity (Wildman–Crippen MR) is 91.8 cm³/mol. The van der Waals surface area contributed by atoms with Crippen LogP contribution in [-0.2, 0) is 0 Å². The highest BCUT2D eigenvalue weighted by atomic mass is 16.2. The van der Waals surface area contributed by atoms with Gasteiger partial charge < -0.3 is 4.90 Å². The molecule has 1 atom stereocenters. The van der Waals surface area contributed by atoms with Gasteiger partial charge in [0.15, 0.2) is 0 Å². The lowest BCUT2D eigenvalue weighted by atomic mass is 9.97. The van der Waals surface area contributed by atoms with Crippen LogP contribution in [0.2, 0.25) is 0 Å². The van der Waals surface area contributed by atoms with Crippen LogP contribution in [0.3, 0.4) is 0 Å². The first kappa shape index (κ1) is 14.9. The maximum atomic E-state index is 13.0. The topological polar surface area (TPSA) is 50.5 Å². The van der Waals surface area contributed by atoms with Crippen molar-refractivity contribution < 1.29 is 4.79 Å². The summed E-state index contributed by atoms with van der Waals surface area (Å²) < 4.78 is 1.97. The molecule has 1 saturated heterocycles. The van der Waals surface area contributed by atoms with Gasteiger partial charge in [-0.1, -0.05) is 18.2 Å². The zero-order chi connectivity index (χ0) is 16.5. The summed E-state index contributed by atoms with van der Waals surface area (Å²) in [6.45, 7) is 2.76. The number of hydrogen-bond donors (Lipinski definition) is 0. The van der Waals surface area contributed by atoms with Crippen molar-refractivity contribution in [3.63, 3.8) is 0 Å². The lowest BCUT2D eigenvalue weighted by Gasteiger charge is -2.35. The number of benzene rings is 1. The smallest absolute Gasteiger partial charge is 0.254 e. The number of imidazole rings is 1. The molecule has 1 aliphatic rings. The number of carbonyl (C=O) groups excluding carboxylic acids is 1. The Bertz CT molecular complexity index is 871. The highest BCUT2D eigenvalue weighted by Gasteiger charge is 2.30. The van der Waals surface area contributed by atoms with Gasteiger partial charge in [0, 0.05) is 12.1 Å². The third-order valence-electron chi connectivity index (χ3n) is 4.73. The Balaban J connectivity index is 1.72. The number of hydrogen-bond acceptors (Lipinski definition) is 3. The minimum atomic E-state index is 0.0325. The summed E-state index contributed by atoms with van der Waals surface area (Å²) in [5.41, 5.74) is 2.73. The lowest BCUT2D eigenvalue weighted by Crippen LogP contribution is -2.39. The van der Waals surface area contributed by atoms with E-state index in [1.807, 2.05) is 52.8 Å². The molecule has 1 fully saturated rings. The zero-order valence-corrected chi connectivity index (χ0v) is 13.7. The Labute approximate surface area is 141 Å². The van der Waals surface area contributed by atoms with Gasteiger partial charge in [-0.3, -0.25) is 9.20 Å². The van der Waals surface area contributed by atoms with Gasteiger partial charge in [0.2, 0.25) is 0 Å². The fraction of sp³-hybridized carbons (Fsp3) is 0.316. The lowest BCUT2D eigenvalue weighted by molar-refractivity contribution is 0.0605. The van der Waals surface area contributed by atoms with Gasteiger partial charge in [-0.15, -0.1) is 0 Å². The summed E-state index contributed by atoms with van der Waals surface area (Å²) in [5.74, 6) is 0.991. The highest BCUT2D eigenvalue weighted by Crippen LogP contribution is 2.31. The van der Waals surface area contributed by atoms with Gasteiger partial charge >= 0.3 is 0 Å². The SMILES string of the molecule is Cc1nc([C@@H]2CCCCN2C(=O)c2ccccc2)cc2cncn12. The molecule has 5 heteroatoms. The van der Waals surface area contributed by atoms with Crippen molar-refractivity contribution in [2.24, 2.45) is 0 Å². The second-order valence-corrected chi connectivity index (χ2v) is 6.29. The van der Waals surface area contributed by atoms with E-state index >= 15 is 0 Å². The molecule has 3 heterocycles. The first-order chi connectivity index (χ1) is 11.7. The Morgan fingerprint density at radius 1 is 1.21 bits per heavy atom. The number of nitrogens with zero attached hydrogens (tertiary/aromatic N) is 4. The van der Waals surface area contributed by atoms with Crippen LogP contribution in [0.1, 0.15) is 47.2 Å². The van der Waals surface area contributed by atoms with Crippen LogP contribution in [0.4, 0.5) is 0 Å². The van der Waals surface area contributed by atoms with E-state index < -0.39 is 0 Å². The summed E-state index contributed by atoms with van der Waals surface area (Å²) in [4.78, 5) is 23.9. The number of carbonyl (C=O) groups is 1. The Kier molecular flexibility index (Phi) is 3.76. The van der Waals surface area contributed by atoms with E-state index in [1.165, 1.54) is 0 Å². The molecule has 0 N–H and O–H groups in total. The molecule has 122 valence electrons. The van der Waals surface area contributed by atoms with E-state index in [1.54, 1.807) is 6.33 Å². The van der Waals surface area contributed by atoms with E-state index in [0.717, 1.165) is 48.4 Å². The highest BCUT2D eigenvalue weighted by molar-refractivity contribution is 5.94. The molecule has 1 aromatic carbocycles. The van der Waals surface area contributed by atoms with Gasteiger partial charge in [-0.2, -0.15) is 0 Å². The van der Waals surface area contributed by atoms with Crippen LogP contribution < -0.4 is 0 Å². The van der Waals surface area contributed by atoms with Crippen LogP contribution >= 0.6 is 0 Å². The van der Waals surface area contributed by atoms with E-state index in [9.17, 15) is 4.79 Å². The molecule has 0 unspecified atom stereocenters. The fourth-order valence-electron chi connectivity index (χ4n) is 3.51. The number of rotatable bonds is 2. The molecule has 1 amide bonds. The second-order valence-electron chi connectivity index (χ2n) is 6.29. The molecule has 0 bridgehead atoms. The Morgan fingerprint density at radius 3 is 2.88 bits per heavy atom. The van der Waals surface area contributed by atoms with Gasteiger partial charge in [0.1, 0.15) is 12.2 Å². The molecule has 3 aromatic rings. The molecule has 1 aliphatic heterocycles. The first-order valence-corrected chi connectivity index (χ1v) is 8.39. The number of fused-ring (bicyclic) bond motifs is 1. The summed E-state index contributed by atoms with van der Waals surface area (Å²) in [5, 5.41) is 0. The van der Waals surface area contributed by atoms with E-state index in [-0.39, 0.29) is 11.9 Å². The molecule has 0 saturated carbocycles. The summed E-state index contributed by atoms with van der Waals surface area (Å²) in [6, 6.07) is 11.6. The summed E-state index contributed by atoms with van der Waals surface area (Å²) in [7, 11) is 0. The van der Waals surface area contributed by atoms with Gasteiger partial charge in [-0.05, 0) is 44.4 Å². The summed E-state index contributed by atoms with van der Waals surface area (Å²) in [6.07, 6.45) is 6.73. The predicted octanol–water partition coefficient (Wildman–Crippen LogP) is 3.41. The van der Waals surface area contributed by atoms with Crippen LogP contribution in [-0.4, -0.2) is 31.7 Å². The third-order valence-corrected chi connectivity index (χ3v) is 4.73. The van der Waals surface area contributed by atoms with Crippen LogP contribution in [0, 0.1) is 6.92 Å². The Morgan fingerprint density at radius 2 is 2.04 bits per heavy atom. The monoisotopic (exact) mass is 320 g/mol. The van der Waals surface area contributed by atoms with Crippen molar-refractivity contribution in [1.82, 2.24) is 19.3 Å². The van der Waals surface area contributed by atoms with Gasteiger partial charge in [0.05, 0.1) is 23.4 Å². The fourth-order valence-corrected chi connectivity index (χ4v) is 3.51. The number of aromatic nitrogens is 3. The van der Waals surface area contributed by atoms with E-state index in [4.69, 9.17) is 4.98 Å². The van der Waals surface area contributed by atoms with Crippen LogP contribution in [0.25, 0.3) is 5.52 Å². The maximum Gasteiger partial charge on any atom is 0.254 e. The normalized spacial score (nSPS) is 18.0. The second kappa shape index (κ2) is 6.07. The quantitative estimate of drug-likeness (QED) is 0.727. The molecule has 4 rings (SSSR count). The number of likely N-dealkylation sites (tertiary alicyclic amines) is 1. The summed E-state index contributed by atoms with van der Waals surface area (Å²) >= 11 is 0. The van der Waals surface area contributed by atoms with Crippen molar-refractivity contribution in [2.45, 2.75) is 32.2 Å². The molecule has 0 radical (unpaired) electrons. The average Bonchev–Trinajstić information content (AvgIpc) is 3.11. The minimum absolute atomic E-state index is 0.0325. The van der Waals surface area contributed by atoms with E-state index in [2.05, 4.69) is 11.1 Å². The molecule has 2 aromatic heterocycles. The van der Waals surface area contributed by atoms with Crippen LogP contribution in [0.5, 0.6) is 0 Å². The first-order valence-electron chi connectivity index (χ1n) is 8.39. The number of piperidine rings is 1. The molecule has 0 spiro atoms. The maximum absolute atomic E-state index is 13.0. The molecular formula is C19H20N4O. The minimum Gasteiger partial charge on any atom is -0.330 e. The van der Waals surface area contributed by atoms with Gasteiger partial charge in [0.25, 0.3) is 5.91 Å². The number of aryl methyl sites for hydroxylation is 1. The number of amides is 1. The van der Waals surface area contributed by atoms with Gasteiger partial charge in [-0.25, -0.2) is 9.97 Å². The van der Waals surface area contributed by atoms with Crippen molar-refractivity contribution in [3.8, 4) is 0 Å². The largest absolute Gasteiger partial charge is 0.330 e. The molecule has 0 aliphatic carbocycles. The molecular weight excluding hydrogens is 300 g/mol. The third kappa shape index (κ3) is 2.56. The standard InChI is InChI=1S/C19H20N4O/c1-14-21-17(11-16-12-20-13-23(14)16)18-9-5-6-10-22(18)19(24)15-7-3-2-4-8-15/h2-4,7-8,11-13,18H,5-6,9-10H2,1H3/t18-/m0/s1. The van der Waals surface area contributed by atoms with E-state index in [0.29, 0.717) is 0 Å². The van der Waals surface area contributed by atoms with Crippen LogP contribution in [0.15, 0.2) is 48.9 Å². The van der Waals surface area contributed by atoms with Crippen molar-refractivity contribution in [2.75, 3.05) is 6.54 Å².